The van der Waals surface area contributed by atoms with Crippen LogP contribution in [0.15, 0.2) is 16.5 Å². The standard InChI is InChI=1S/C11H17ClN2O2/c1-7(2)14-11(15)8(3)13-6-9-4-5-10(12)16-9/h4-5,7-8,13H,6H2,1-3H3,(H,14,15). The fourth-order valence-electron chi connectivity index (χ4n) is 1.20. The maximum atomic E-state index is 11.5. The lowest BCUT2D eigenvalue weighted by molar-refractivity contribution is -0.123. The fourth-order valence-corrected chi connectivity index (χ4v) is 1.36. The van der Waals surface area contributed by atoms with Crippen molar-refractivity contribution in [1.82, 2.24) is 10.6 Å². The normalized spacial score (nSPS) is 12.8. The van der Waals surface area contributed by atoms with Crippen LogP contribution in [-0.4, -0.2) is 18.0 Å². The molecule has 0 radical (unpaired) electrons. The number of hydrogen-bond acceptors (Lipinski definition) is 3. The van der Waals surface area contributed by atoms with E-state index < -0.39 is 0 Å². The Morgan fingerprint density at radius 2 is 2.12 bits per heavy atom. The topological polar surface area (TPSA) is 54.3 Å². The molecule has 5 heteroatoms. The number of carbonyl (C=O) groups is 1. The van der Waals surface area contributed by atoms with Gasteiger partial charge in [-0.1, -0.05) is 0 Å². The molecule has 16 heavy (non-hydrogen) atoms. The summed E-state index contributed by atoms with van der Waals surface area (Å²) in [6, 6.07) is 3.35. The van der Waals surface area contributed by atoms with Crippen LogP contribution < -0.4 is 10.6 Å². The Labute approximate surface area is 100 Å². The smallest absolute Gasteiger partial charge is 0.237 e. The molecule has 0 saturated heterocycles. The molecule has 1 aromatic rings. The Morgan fingerprint density at radius 1 is 1.44 bits per heavy atom. The Bertz CT molecular complexity index is 350. The molecule has 0 aliphatic rings. The molecule has 1 aromatic heterocycles. The van der Waals surface area contributed by atoms with Crippen molar-refractivity contribution < 1.29 is 9.21 Å². The van der Waals surface area contributed by atoms with Crippen LogP contribution >= 0.6 is 11.6 Å². The van der Waals surface area contributed by atoms with Gasteiger partial charge in [0.05, 0.1) is 12.6 Å². The molecule has 1 heterocycles. The number of nitrogens with one attached hydrogen (secondary N) is 2. The lowest BCUT2D eigenvalue weighted by Gasteiger charge is -2.15. The summed E-state index contributed by atoms with van der Waals surface area (Å²) in [6.45, 7) is 6.15. The van der Waals surface area contributed by atoms with Gasteiger partial charge in [-0.15, -0.1) is 0 Å². The minimum atomic E-state index is -0.258. The van der Waals surface area contributed by atoms with Gasteiger partial charge in [-0.2, -0.15) is 0 Å². The lowest BCUT2D eigenvalue weighted by atomic mass is 10.2. The van der Waals surface area contributed by atoms with Gasteiger partial charge >= 0.3 is 0 Å². The predicted molar refractivity (Wildman–Crippen MR) is 63.3 cm³/mol. The van der Waals surface area contributed by atoms with Crippen LogP contribution in [0.2, 0.25) is 5.22 Å². The molecular weight excluding hydrogens is 228 g/mol. The molecule has 4 nitrogen and oxygen atoms in total. The van der Waals surface area contributed by atoms with Crippen LogP contribution in [0.4, 0.5) is 0 Å². The highest BCUT2D eigenvalue weighted by atomic mass is 35.5. The Morgan fingerprint density at radius 3 is 2.62 bits per heavy atom. The second-order valence-corrected chi connectivity index (χ2v) is 4.34. The summed E-state index contributed by atoms with van der Waals surface area (Å²) < 4.78 is 5.17. The van der Waals surface area contributed by atoms with E-state index in [1.54, 1.807) is 12.1 Å². The molecule has 90 valence electrons. The van der Waals surface area contributed by atoms with E-state index in [-0.39, 0.29) is 18.0 Å². The average Bonchev–Trinajstić information content (AvgIpc) is 2.59. The third-order valence-electron chi connectivity index (χ3n) is 2.04. The Balaban J connectivity index is 2.34. The van der Waals surface area contributed by atoms with Crippen LogP contribution in [-0.2, 0) is 11.3 Å². The SMILES string of the molecule is CC(C)NC(=O)C(C)NCc1ccc(Cl)o1. The second kappa shape index (κ2) is 5.92. The van der Waals surface area contributed by atoms with Crippen molar-refractivity contribution in [3.8, 4) is 0 Å². The van der Waals surface area contributed by atoms with E-state index >= 15 is 0 Å². The van der Waals surface area contributed by atoms with Gasteiger partial charge < -0.3 is 9.73 Å². The zero-order valence-corrected chi connectivity index (χ0v) is 10.5. The summed E-state index contributed by atoms with van der Waals surface area (Å²) in [6.07, 6.45) is 0. The number of amides is 1. The van der Waals surface area contributed by atoms with Crippen molar-refractivity contribution in [2.75, 3.05) is 0 Å². The summed E-state index contributed by atoms with van der Waals surface area (Å²) in [5, 5.41) is 6.24. The molecule has 0 bridgehead atoms. The first kappa shape index (κ1) is 13.1. The highest BCUT2D eigenvalue weighted by Gasteiger charge is 2.13. The number of halogens is 1. The number of carbonyl (C=O) groups excluding carboxylic acids is 1. The lowest BCUT2D eigenvalue weighted by Crippen LogP contribution is -2.44. The van der Waals surface area contributed by atoms with Crippen molar-refractivity contribution in [2.24, 2.45) is 0 Å². The molecular formula is C11H17ClN2O2. The molecule has 1 amide bonds. The maximum Gasteiger partial charge on any atom is 0.237 e. The minimum Gasteiger partial charge on any atom is -0.448 e. The van der Waals surface area contributed by atoms with E-state index in [0.29, 0.717) is 17.5 Å². The monoisotopic (exact) mass is 244 g/mol. The Kier molecular flexibility index (Phi) is 4.83. The van der Waals surface area contributed by atoms with Gasteiger partial charge in [0.25, 0.3) is 0 Å². The van der Waals surface area contributed by atoms with Crippen LogP contribution in [0, 0.1) is 0 Å². The summed E-state index contributed by atoms with van der Waals surface area (Å²) >= 11 is 5.63. The first-order valence-corrected chi connectivity index (χ1v) is 5.65. The Hall–Kier alpha value is -1.00. The van der Waals surface area contributed by atoms with Crippen molar-refractivity contribution >= 4 is 17.5 Å². The highest BCUT2D eigenvalue weighted by Crippen LogP contribution is 2.12. The largest absolute Gasteiger partial charge is 0.448 e. The van der Waals surface area contributed by atoms with Gasteiger partial charge in [-0.05, 0) is 44.5 Å². The predicted octanol–water partition coefficient (Wildman–Crippen LogP) is 1.94. The zero-order valence-electron chi connectivity index (χ0n) is 9.71. The summed E-state index contributed by atoms with van der Waals surface area (Å²) in [4.78, 5) is 11.5. The highest BCUT2D eigenvalue weighted by molar-refractivity contribution is 6.28. The van der Waals surface area contributed by atoms with Crippen LogP contribution in [0.5, 0.6) is 0 Å². The molecule has 0 fully saturated rings. The minimum absolute atomic E-state index is 0.0207. The molecule has 1 rings (SSSR count). The summed E-state index contributed by atoms with van der Waals surface area (Å²) in [5.74, 6) is 0.696. The zero-order chi connectivity index (χ0) is 12.1. The first-order valence-electron chi connectivity index (χ1n) is 5.27. The fraction of sp³-hybridized carbons (Fsp3) is 0.545. The van der Waals surface area contributed by atoms with Gasteiger partial charge in [0.2, 0.25) is 5.91 Å². The number of rotatable bonds is 5. The molecule has 2 N–H and O–H groups in total. The summed E-state index contributed by atoms with van der Waals surface area (Å²) in [5.41, 5.74) is 0. The van der Waals surface area contributed by atoms with Gasteiger partial charge in [0, 0.05) is 6.04 Å². The third-order valence-corrected chi connectivity index (χ3v) is 2.24. The van der Waals surface area contributed by atoms with E-state index in [4.69, 9.17) is 16.0 Å². The molecule has 0 saturated carbocycles. The van der Waals surface area contributed by atoms with E-state index in [1.807, 2.05) is 20.8 Å². The van der Waals surface area contributed by atoms with E-state index in [2.05, 4.69) is 10.6 Å². The number of hydrogen-bond donors (Lipinski definition) is 2. The van der Waals surface area contributed by atoms with E-state index in [9.17, 15) is 4.79 Å². The van der Waals surface area contributed by atoms with Gasteiger partial charge in [-0.25, -0.2) is 0 Å². The van der Waals surface area contributed by atoms with Crippen molar-refractivity contribution in [2.45, 2.75) is 39.4 Å². The van der Waals surface area contributed by atoms with E-state index in [0.717, 1.165) is 0 Å². The van der Waals surface area contributed by atoms with Crippen molar-refractivity contribution in [3.05, 3.63) is 23.1 Å². The molecule has 0 aliphatic carbocycles. The molecule has 0 spiro atoms. The van der Waals surface area contributed by atoms with Gasteiger partial charge in [0.15, 0.2) is 5.22 Å². The maximum absolute atomic E-state index is 11.5. The van der Waals surface area contributed by atoms with Gasteiger partial charge in [-0.3, -0.25) is 10.1 Å². The molecule has 1 unspecified atom stereocenters. The molecule has 0 aliphatic heterocycles. The van der Waals surface area contributed by atoms with Crippen LogP contribution in [0.1, 0.15) is 26.5 Å². The van der Waals surface area contributed by atoms with Crippen molar-refractivity contribution in [1.29, 1.82) is 0 Å². The van der Waals surface area contributed by atoms with Crippen LogP contribution in [0.25, 0.3) is 0 Å². The number of furan rings is 1. The molecule has 1 atom stereocenters. The van der Waals surface area contributed by atoms with E-state index in [1.165, 1.54) is 0 Å². The summed E-state index contributed by atoms with van der Waals surface area (Å²) in [7, 11) is 0. The second-order valence-electron chi connectivity index (χ2n) is 3.97. The third kappa shape index (κ3) is 4.24. The molecule has 0 aromatic carbocycles. The average molecular weight is 245 g/mol. The van der Waals surface area contributed by atoms with Gasteiger partial charge in [0.1, 0.15) is 5.76 Å². The van der Waals surface area contributed by atoms with Crippen molar-refractivity contribution in [3.63, 3.8) is 0 Å². The quantitative estimate of drug-likeness (QED) is 0.832. The van der Waals surface area contributed by atoms with Crippen LogP contribution in [0.3, 0.4) is 0 Å². The first-order chi connectivity index (χ1) is 7.49.